The maximum absolute atomic E-state index is 5.72. The van der Waals surface area contributed by atoms with Crippen LogP contribution in [0.25, 0.3) is 0 Å². The standard InChI is InChI=1S/C22H31N5O/c1-2-23-22(25-13-16-28-20-9-5-3-6-10-20)26-18-19-11-12-24-21(17-19)27-14-7-4-8-15-27/h3,5-6,9-12,17H,2,4,7-8,13-16,18H2,1H3,(H2,23,25,26). The summed E-state index contributed by atoms with van der Waals surface area (Å²) >= 11 is 0. The Kier molecular flexibility index (Phi) is 7.97. The molecule has 0 amide bonds. The first-order chi connectivity index (χ1) is 13.8. The molecule has 2 heterocycles. The van der Waals surface area contributed by atoms with Crippen molar-refractivity contribution < 1.29 is 4.74 Å². The summed E-state index contributed by atoms with van der Waals surface area (Å²) in [6.45, 7) is 6.99. The molecule has 6 heteroatoms. The van der Waals surface area contributed by atoms with Crippen LogP contribution in [-0.4, -0.2) is 43.7 Å². The molecule has 1 aromatic heterocycles. The molecule has 0 aliphatic carbocycles. The molecule has 0 saturated carbocycles. The van der Waals surface area contributed by atoms with Crippen molar-refractivity contribution in [3.63, 3.8) is 0 Å². The molecule has 0 radical (unpaired) electrons. The maximum atomic E-state index is 5.72. The fourth-order valence-electron chi connectivity index (χ4n) is 3.22. The minimum atomic E-state index is 0.586. The van der Waals surface area contributed by atoms with Gasteiger partial charge in [-0.05, 0) is 56.0 Å². The lowest BCUT2D eigenvalue weighted by Gasteiger charge is -2.27. The summed E-state index contributed by atoms with van der Waals surface area (Å²) in [5.41, 5.74) is 1.17. The molecule has 1 aliphatic rings. The first-order valence-electron chi connectivity index (χ1n) is 10.2. The van der Waals surface area contributed by atoms with Crippen molar-refractivity contribution in [2.75, 3.05) is 37.7 Å². The van der Waals surface area contributed by atoms with Crippen molar-refractivity contribution in [3.8, 4) is 5.75 Å². The topological polar surface area (TPSA) is 61.8 Å². The van der Waals surface area contributed by atoms with Gasteiger partial charge in [0.05, 0.1) is 13.1 Å². The third-order valence-electron chi connectivity index (χ3n) is 4.66. The van der Waals surface area contributed by atoms with Gasteiger partial charge in [-0.3, -0.25) is 0 Å². The normalized spacial score (nSPS) is 14.6. The Bertz CT molecular complexity index is 729. The number of hydrogen-bond donors (Lipinski definition) is 2. The van der Waals surface area contributed by atoms with Gasteiger partial charge in [0, 0.05) is 25.8 Å². The van der Waals surface area contributed by atoms with E-state index in [2.05, 4.69) is 33.5 Å². The lowest BCUT2D eigenvalue weighted by molar-refractivity contribution is 0.322. The zero-order chi connectivity index (χ0) is 19.4. The van der Waals surface area contributed by atoms with Crippen LogP contribution in [-0.2, 0) is 6.54 Å². The molecule has 6 nitrogen and oxygen atoms in total. The average molecular weight is 382 g/mol. The molecule has 1 fully saturated rings. The van der Waals surface area contributed by atoms with E-state index in [1.165, 1.54) is 24.8 Å². The SMILES string of the molecule is CCNC(=NCc1ccnc(N2CCCCC2)c1)NCCOc1ccccc1. The number of guanidine groups is 1. The van der Waals surface area contributed by atoms with E-state index in [4.69, 9.17) is 9.73 Å². The van der Waals surface area contributed by atoms with Gasteiger partial charge in [-0.1, -0.05) is 18.2 Å². The van der Waals surface area contributed by atoms with Crippen LogP contribution in [0.5, 0.6) is 5.75 Å². The monoisotopic (exact) mass is 381 g/mol. The molecule has 0 unspecified atom stereocenters. The van der Waals surface area contributed by atoms with Crippen molar-refractivity contribution in [1.82, 2.24) is 15.6 Å². The van der Waals surface area contributed by atoms with Crippen molar-refractivity contribution in [2.24, 2.45) is 4.99 Å². The molecule has 150 valence electrons. The molecule has 3 rings (SSSR count). The van der Waals surface area contributed by atoms with Crippen LogP contribution in [0.4, 0.5) is 5.82 Å². The van der Waals surface area contributed by atoms with Crippen LogP contribution in [0.3, 0.4) is 0 Å². The lowest BCUT2D eigenvalue weighted by atomic mass is 10.1. The highest BCUT2D eigenvalue weighted by molar-refractivity contribution is 5.79. The fourth-order valence-corrected chi connectivity index (χ4v) is 3.22. The fraction of sp³-hybridized carbons (Fsp3) is 0.455. The number of piperidine rings is 1. The Morgan fingerprint density at radius 3 is 2.71 bits per heavy atom. The predicted molar refractivity (Wildman–Crippen MR) is 115 cm³/mol. The summed E-state index contributed by atoms with van der Waals surface area (Å²) in [6, 6.07) is 14.1. The molecule has 0 atom stereocenters. The summed E-state index contributed by atoms with van der Waals surface area (Å²) in [7, 11) is 0. The van der Waals surface area contributed by atoms with Gasteiger partial charge < -0.3 is 20.3 Å². The Morgan fingerprint density at radius 2 is 1.93 bits per heavy atom. The van der Waals surface area contributed by atoms with Crippen molar-refractivity contribution in [2.45, 2.75) is 32.7 Å². The van der Waals surface area contributed by atoms with Gasteiger partial charge in [-0.15, -0.1) is 0 Å². The number of hydrogen-bond acceptors (Lipinski definition) is 4. The maximum Gasteiger partial charge on any atom is 0.191 e. The number of rotatable bonds is 8. The minimum absolute atomic E-state index is 0.586. The summed E-state index contributed by atoms with van der Waals surface area (Å²) in [5.74, 6) is 2.75. The predicted octanol–water partition coefficient (Wildman–Crippen LogP) is 3.21. The van der Waals surface area contributed by atoms with Crippen LogP contribution < -0.4 is 20.3 Å². The smallest absolute Gasteiger partial charge is 0.191 e. The van der Waals surface area contributed by atoms with E-state index in [-0.39, 0.29) is 0 Å². The minimum Gasteiger partial charge on any atom is -0.492 e. The molecule has 0 bridgehead atoms. The molecular formula is C22H31N5O. The Labute approximate surface area is 168 Å². The number of ether oxygens (including phenoxy) is 1. The lowest BCUT2D eigenvalue weighted by Crippen LogP contribution is -2.39. The largest absolute Gasteiger partial charge is 0.492 e. The highest BCUT2D eigenvalue weighted by atomic mass is 16.5. The van der Waals surface area contributed by atoms with Crippen molar-refractivity contribution in [3.05, 3.63) is 54.2 Å². The number of nitrogens with zero attached hydrogens (tertiary/aromatic N) is 3. The van der Waals surface area contributed by atoms with Gasteiger partial charge in [0.25, 0.3) is 0 Å². The second-order valence-electron chi connectivity index (χ2n) is 6.85. The Balaban J connectivity index is 1.50. The molecule has 28 heavy (non-hydrogen) atoms. The third kappa shape index (κ3) is 6.44. The number of para-hydroxylation sites is 1. The number of anilines is 1. The van der Waals surface area contributed by atoms with E-state index in [0.29, 0.717) is 19.7 Å². The van der Waals surface area contributed by atoms with E-state index < -0.39 is 0 Å². The molecule has 0 spiro atoms. The van der Waals surface area contributed by atoms with E-state index in [0.717, 1.165) is 37.2 Å². The van der Waals surface area contributed by atoms with E-state index in [1.54, 1.807) is 0 Å². The van der Waals surface area contributed by atoms with Gasteiger partial charge in [-0.25, -0.2) is 9.98 Å². The summed E-state index contributed by atoms with van der Waals surface area (Å²) < 4.78 is 5.72. The quantitative estimate of drug-likeness (QED) is 0.418. The number of aliphatic imine (C=N–C) groups is 1. The van der Waals surface area contributed by atoms with Crippen LogP contribution in [0.15, 0.2) is 53.7 Å². The van der Waals surface area contributed by atoms with Crippen LogP contribution >= 0.6 is 0 Å². The molecule has 1 aromatic carbocycles. The number of nitrogens with one attached hydrogen (secondary N) is 2. The van der Waals surface area contributed by atoms with Gasteiger partial charge in [0.1, 0.15) is 18.2 Å². The molecular weight excluding hydrogens is 350 g/mol. The number of benzene rings is 1. The zero-order valence-corrected chi connectivity index (χ0v) is 16.7. The number of pyridine rings is 1. The Morgan fingerprint density at radius 1 is 1.11 bits per heavy atom. The first kappa shape index (κ1) is 20.0. The van der Waals surface area contributed by atoms with Gasteiger partial charge in [-0.2, -0.15) is 0 Å². The van der Waals surface area contributed by atoms with E-state index >= 15 is 0 Å². The third-order valence-corrected chi connectivity index (χ3v) is 4.66. The van der Waals surface area contributed by atoms with Crippen LogP contribution in [0.2, 0.25) is 0 Å². The van der Waals surface area contributed by atoms with Crippen LogP contribution in [0, 0.1) is 0 Å². The molecule has 2 aromatic rings. The highest BCUT2D eigenvalue weighted by Gasteiger charge is 2.12. The van der Waals surface area contributed by atoms with E-state index in [1.807, 2.05) is 42.6 Å². The summed E-state index contributed by atoms with van der Waals surface area (Å²) in [6.07, 6.45) is 5.72. The summed E-state index contributed by atoms with van der Waals surface area (Å²) in [5, 5.41) is 6.61. The average Bonchev–Trinajstić information content (AvgIpc) is 2.76. The van der Waals surface area contributed by atoms with Crippen molar-refractivity contribution in [1.29, 1.82) is 0 Å². The molecule has 1 aliphatic heterocycles. The highest BCUT2D eigenvalue weighted by Crippen LogP contribution is 2.18. The molecule has 2 N–H and O–H groups in total. The second kappa shape index (κ2) is 11.2. The number of aromatic nitrogens is 1. The second-order valence-corrected chi connectivity index (χ2v) is 6.85. The van der Waals surface area contributed by atoms with Gasteiger partial charge >= 0.3 is 0 Å². The van der Waals surface area contributed by atoms with Crippen molar-refractivity contribution >= 4 is 11.8 Å². The summed E-state index contributed by atoms with van der Waals surface area (Å²) in [4.78, 5) is 11.6. The first-order valence-corrected chi connectivity index (χ1v) is 10.2. The van der Waals surface area contributed by atoms with Crippen LogP contribution in [0.1, 0.15) is 31.7 Å². The van der Waals surface area contributed by atoms with Gasteiger partial charge in [0.2, 0.25) is 0 Å². The molecule has 1 saturated heterocycles. The zero-order valence-electron chi connectivity index (χ0n) is 16.7. The Hall–Kier alpha value is -2.76. The van der Waals surface area contributed by atoms with Gasteiger partial charge in [0.15, 0.2) is 5.96 Å². The van der Waals surface area contributed by atoms with E-state index in [9.17, 15) is 0 Å².